The third-order valence-electron chi connectivity index (χ3n) is 1.82. The van der Waals surface area contributed by atoms with E-state index in [0.29, 0.717) is 10.9 Å². The molecule has 0 spiro atoms. The number of rotatable bonds is 3. The van der Waals surface area contributed by atoms with E-state index in [-0.39, 0.29) is 11.3 Å². The lowest BCUT2D eigenvalue weighted by molar-refractivity contribution is 0.0997. The van der Waals surface area contributed by atoms with Crippen molar-refractivity contribution in [2.45, 2.75) is 6.10 Å². The van der Waals surface area contributed by atoms with Gasteiger partial charge in [-0.15, -0.1) is 0 Å². The highest BCUT2D eigenvalue weighted by Gasteiger charge is 2.12. The number of alkyl halides is 1. The molecule has 14 heavy (non-hydrogen) atoms. The summed E-state index contributed by atoms with van der Waals surface area (Å²) in [5.74, 6) is -0.894. The van der Waals surface area contributed by atoms with Crippen LogP contribution in [0.1, 0.15) is 22.0 Å². The normalized spacial score (nSPS) is 12.4. The first-order valence-electron chi connectivity index (χ1n) is 3.93. The van der Waals surface area contributed by atoms with Crippen molar-refractivity contribution in [3.63, 3.8) is 0 Å². The number of phenols is 1. The average molecular weight is 260 g/mol. The van der Waals surface area contributed by atoms with Gasteiger partial charge in [0.15, 0.2) is 0 Å². The van der Waals surface area contributed by atoms with Gasteiger partial charge in [-0.2, -0.15) is 0 Å². The van der Waals surface area contributed by atoms with Crippen molar-refractivity contribution in [3.8, 4) is 5.75 Å². The summed E-state index contributed by atoms with van der Waals surface area (Å²) >= 11 is 3.10. The van der Waals surface area contributed by atoms with Crippen molar-refractivity contribution in [2.75, 3.05) is 5.33 Å². The Labute approximate surface area is 89.5 Å². The molecule has 0 aromatic heterocycles. The van der Waals surface area contributed by atoms with E-state index in [0.717, 1.165) is 0 Å². The minimum Gasteiger partial charge on any atom is -0.507 e. The molecule has 0 saturated heterocycles. The fraction of sp³-hybridized carbons (Fsp3) is 0.222. The van der Waals surface area contributed by atoms with Gasteiger partial charge in [-0.3, -0.25) is 4.79 Å². The van der Waals surface area contributed by atoms with Crippen molar-refractivity contribution in [1.29, 1.82) is 0 Å². The van der Waals surface area contributed by atoms with E-state index in [1.54, 1.807) is 0 Å². The SMILES string of the molecule is NC(=O)c1cc(C(O)CBr)ccc1O. The molecule has 4 nitrogen and oxygen atoms in total. The lowest BCUT2D eigenvalue weighted by Gasteiger charge is -2.09. The van der Waals surface area contributed by atoms with Crippen LogP contribution in [-0.4, -0.2) is 21.5 Å². The molecule has 0 aliphatic heterocycles. The molecule has 1 atom stereocenters. The molecule has 0 bridgehead atoms. The van der Waals surface area contributed by atoms with Gasteiger partial charge < -0.3 is 15.9 Å². The number of hydrogen-bond acceptors (Lipinski definition) is 3. The first kappa shape index (κ1) is 11.0. The maximum absolute atomic E-state index is 10.9. The number of halogens is 1. The van der Waals surface area contributed by atoms with E-state index < -0.39 is 12.0 Å². The van der Waals surface area contributed by atoms with Gasteiger partial charge in [0.05, 0.1) is 11.7 Å². The Bertz CT molecular complexity index is 354. The van der Waals surface area contributed by atoms with E-state index in [9.17, 15) is 15.0 Å². The molecular weight excluding hydrogens is 250 g/mol. The molecule has 0 fully saturated rings. The lowest BCUT2D eigenvalue weighted by Crippen LogP contribution is -2.12. The number of amides is 1. The monoisotopic (exact) mass is 259 g/mol. The van der Waals surface area contributed by atoms with Crippen LogP contribution in [0.25, 0.3) is 0 Å². The molecule has 0 radical (unpaired) electrons. The molecule has 1 rings (SSSR count). The predicted octanol–water partition coefficient (Wildman–Crippen LogP) is 0.919. The number of carbonyl (C=O) groups excluding carboxylic acids is 1. The van der Waals surface area contributed by atoms with Crippen LogP contribution in [0.3, 0.4) is 0 Å². The second-order valence-corrected chi connectivity index (χ2v) is 3.46. The van der Waals surface area contributed by atoms with Gasteiger partial charge in [-0.25, -0.2) is 0 Å². The summed E-state index contributed by atoms with van der Waals surface area (Å²) in [5, 5.41) is 19.1. The Hall–Kier alpha value is -1.07. The highest BCUT2D eigenvalue weighted by Crippen LogP contribution is 2.22. The molecule has 1 unspecified atom stereocenters. The van der Waals surface area contributed by atoms with Crippen LogP contribution in [0, 0.1) is 0 Å². The van der Waals surface area contributed by atoms with Crippen molar-refractivity contribution < 1.29 is 15.0 Å². The number of aliphatic hydroxyl groups excluding tert-OH is 1. The molecule has 0 aliphatic rings. The molecule has 1 aromatic carbocycles. The summed E-state index contributed by atoms with van der Waals surface area (Å²) < 4.78 is 0. The maximum Gasteiger partial charge on any atom is 0.252 e. The van der Waals surface area contributed by atoms with Crippen LogP contribution < -0.4 is 5.73 Å². The third kappa shape index (κ3) is 2.24. The highest BCUT2D eigenvalue weighted by atomic mass is 79.9. The van der Waals surface area contributed by atoms with Crippen LogP contribution in [0.4, 0.5) is 0 Å². The fourth-order valence-corrected chi connectivity index (χ4v) is 1.42. The first-order chi connectivity index (χ1) is 6.56. The zero-order valence-corrected chi connectivity index (χ0v) is 8.86. The zero-order chi connectivity index (χ0) is 10.7. The Morgan fingerprint density at radius 2 is 2.21 bits per heavy atom. The van der Waals surface area contributed by atoms with Crippen LogP contribution in [-0.2, 0) is 0 Å². The Balaban J connectivity index is 3.12. The molecule has 0 aliphatic carbocycles. The molecule has 1 aromatic rings. The summed E-state index contributed by atoms with van der Waals surface area (Å²) in [7, 11) is 0. The van der Waals surface area contributed by atoms with E-state index in [1.807, 2.05) is 0 Å². The van der Waals surface area contributed by atoms with Gasteiger partial charge in [0.1, 0.15) is 5.75 Å². The average Bonchev–Trinajstić information content (AvgIpc) is 2.17. The van der Waals surface area contributed by atoms with Crippen LogP contribution in [0.15, 0.2) is 18.2 Å². The topological polar surface area (TPSA) is 83.6 Å². The number of aromatic hydroxyl groups is 1. The lowest BCUT2D eigenvalue weighted by atomic mass is 10.1. The number of nitrogens with two attached hydrogens (primary N) is 1. The number of benzene rings is 1. The Morgan fingerprint density at radius 1 is 1.57 bits per heavy atom. The summed E-state index contributed by atoms with van der Waals surface area (Å²) in [6, 6.07) is 4.25. The quantitative estimate of drug-likeness (QED) is 0.706. The van der Waals surface area contributed by atoms with Crippen molar-refractivity contribution in [2.24, 2.45) is 5.73 Å². The molecule has 4 N–H and O–H groups in total. The smallest absolute Gasteiger partial charge is 0.252 e. The maximum atomic E-state index is 10.9. The van der Waals surface area contributed by atoms with Crippen LogP contribution in [0.2, 0.25) is 0 Å². The summed E-state index contributed by atoms with van der Waals surface area (Å²) in [5.41, 5.74) is 5.58. The molecule has 0 saturated carbocycles. The van der Waals surface area contributed by atoms with Gasteiger partial charge in [0, 0.05) is 5.33 Å². The van der Waals surface area contributed by atoms with Gasteiger partial charge in [-0.05, 0) is 17.7 Å². The van der Waals surface area contributed by atoms with Gasteiger partial charge >= 0.3 is 0 Å². The van der Waals surface area contributed by atoms with Gasteiger partial charge in [0.25, 0.3) is 5.91 Å². The van der Waals surface area contributed by atoms with E-state index in [2.05, 4.69) is 15.9 Å². The molecule has 0 heterocycles. The second-order valence-electron chi connectivity index (χ2n) is 2.81. The van der Waals surface area contributed by atoms with Crippen molar-refractivity contribution in [3.05, 3.63) is 29.3 Å². The summed E-state index contributed by atoms with van der Waals surface area (Å²) in [6.45, 7) is 0. The van der Waals surface area contributed by atoms with Gasteiger partial charge in [-0.1, -0.05) is 22.0 Å². The van der Waals surface area contributed by atoms with E-state index in [1.165, 1.54) is 18.2 Å². The second kappa shape index (κ2) is 4.43. The number of carbonyl (C=O) groups is 1. The van der Waals surface area contributed by atoms with Crippen molar-refractivity contribution in [1.82, 2.24) is 0 Å². The standard InChI is InChI=1S/C9H10BrNO3/c10-4-8(13)5-1-2-7(12)6(3-5)9(11)14/h1-3,8,12-13H,4H2,(H2,11,14). The fourth-order valence-electron chi connectivity index (χ4n) is 1.05. The summed E-state index contributed by atoms with van der Waals surface area (Å²) in [6.07, 6.45) is -0.714. The molecule has 76 valence electrons. The minimum absolute atomic E-state index is 0.0162. The molecular formula is C9H10BrNO3. The number of aliphatic hydroxyl groups is 1. The Morgan fingerprint density at radius 3 is 2.71 bits per heavy atom. The minimum atomic E-state index is -0.717. The number of hydrogen-bond donors (Lipinski definition) is 3. The predicted molar refractivity (Wildman–Crippen MR) is 55.4 cm³/mol. The molecule has 5 heteroatoms. The third-order valence-corrected chi connectivity index (χ3v) is 2.43. The zero-order valence-electron chi connectivity index (χ0n) is 7.27. The van der Waals surface area contributed by atoms with Gasteiger partial charge in [0.2, 0.25) is 0 Å². The largest absolute Gasteiger partial charge is 0.507 e. The Kier molecular flexibility index (Phi) is 3.49. The molecule has 1 amide bonds. The first-order valence-corrected chi connectivity index (χ1v) is 5.05. The highest BCUT2D eigenvalue weighted by molar-refractivity contribution is 9.09. The van der Waals surface area contributed by atoms with Crippen LogP contribution in [0.5, 0.6) is 5.75 Å². The van der Waals surface area contributed by atoms with Crippen LogP contribution >= 0.6 is 15.9 Å². The van der Waals surface area contributed by atoms with Crippen molar-refractivity contribution >= 4 is 21.8 Å². The van der Waals surface area contributed by atoms with E-state index in [4.69, 9.17) is 5.73 Å². The number of primary amides is 1. The van der Waals surface area contributed by atoms with E-state index >= 15 is 0 Å². The summed E-state index contributed by atoms with van der Waals surface area (Å²) in [4.78, 5) is 10.9.